The van der Waals surface area contributed by atoms with Gasteiger partial charge in [-0.2, -0.15) is 0 Å². The summed E-state index contributed by atoms with van der Waals surface area (Å²) in [6, 6.07) is 6.39. The molecule has 0 bridgehead atoms. The summed E-state index contributed by atoms with van der Waals surface area (Å²) in [4.78, 5) is 0. The SMILES string of the molecule is CC(N)C(Sc1nncn1C)c1cccc(F)c1. The van der Waals surface area contributed by atoms with E-state index in [-0.39, 0.29) is 17.1 Å². The molecule has 2 aromatic rings. The van der Waals surface area contributed by atoms with Crippen LogP contribution in [0, 0.1) is 5.82 Å². The molecular formula is C12H15FN4S. The van der Waals surface area contributed by atoms with E-state index < -0.39 is 0 Å². The van der Waals surface area contributed by atoms with Crippen LogP contribution in [0.2, 0.25) is 0 Å². The van der Waals surface area contributed by atoms with Crippen LogP contribution in [0.15, 0.2) is 35.7 Å². The second-order valence-corrected chi connectivity index (χ2v) is 5.29. The molecular weight excluding hydrogens is 251 g/mol. The van der Waals surface area contributed by atoms with Gasteiger partial charge in [-0.3, -0.25) is 0 Å². The molecule has 0 amide bonds. The van der Waals surface area contributed by atoms with E-state index in [2.05, 4.69) is 10.2 Å². The number of aryl methyl sites for hydroxylation is 1. The van der Waals surface area contributed by atoms with E-state index in [0.29, 0.717) is 0 Å². The molecule has 96 valence electrons. The number of hydrogen-bond acceptors (Lipinski definition) is 4. The molecule has 1 aromatic carbocycles. The fraction of sp³-hybridized carbons (Fsp3) is 0.333. The third-order valence-electron chi connectivity index (χ3n) is 2.56. The summed E-state index contributed by atoms with van der Waals surface area (Å²) >= 11 is 1.49. The minimum atomic E-state index is -0.253. The second-order valence-electron chi connectivity index (χ2n) is 4.18. The molecule has 2 rings (SSSR count). The van der Waals surface area contributed by atoms with Crippen LogP contribution < -0.4 is 5.73 Å². The van der Waals surface area contributed by atoms with Crippen molar-refractivity contribution >= 4 is 11.8 Å². The van der Waals surface area contributed by atoms with Crippen molar-refractivity contribution in [2.75, 3.05) is 0 Å². The largest absolute Gasteiger partial charge is 0.327 e. The van der Waals surface area contributed by atoms with Crippen molar-refractivity contribution in [3.63, 3.8) is 0 Å². The molecule has 0 saturated heterocycles. The number of halogens is 1. The molecule has 1 aromatic heterocycles. The predicted octanol–water partition coefficient (Wildman–Crippen LogP) is 2.13. The van der Waals surface area contributed by atoms with Gasteiger partial charge in [-0.05, 0) is 24.6 Å². The van der Waals surface area contributed by atoms with Crippen LogP contribution in [0.25, 0.3) is 0 Å². The average molecular weight is 266 g/mol. The Bertz CT molecular complexity index is 526. The lowest BCUT2D eigenvalue weighted by Gasteiger charge is -2.20. The molecule has 4 nitrogen and oxygen atoms in total. The highest BCUT2D eigenvalue weighted by Crippen LogP contribution is 2.35. The van der Waals surface area contributed by atoms with Crippen molar-refractivity contribution in [2.45, 2.75) is 23.4 Å². The van der Waals surface area contributed by atoms with Crippen LogP contribution in [-0.4, -0.2) is 20.8 Å². The highest BCUT2D eigenvalue weighted by Gasteiger charge is 2.20. The van der Waals surface area contributed by atoms with Gasteiger partial charge in [0.25, 0.3) is 0 Å². The Morgan fingerprint density at radius 2 is 2.22 bits per heavy atom. The van der Waals surface area contributed by atoms with E-state index in [4.69, 9.17) is 5.73 Å². The van der Waals surface area contributed by atoms with Crippen molar-refractivity contribution in [2.24, 2.45) is 12.8 Å². The number of aromatic nitrogens is 3. The normalized spacial score (nSPS) is 14.4. The molecule has 6 heteroatoms. The molecule has 2 N–H and O–H groups in total. The number of nitrogens with zero attached hydrogens (tertiary/aromatic N) is 3. The Morgan fingerprint density at radius 3 is 2.78 bits per heavy atom. The standard InChI is InChI=1S/C12H15FN4S/c1-8(14)11(9-4-3-5-10(13)6-9)18-12-16-15-7-17(12)2/h3-8,11H,14H2,1-2H3. The predicted molar refractivity (Wildman–Crippen MR) is 69.7 cm³/mol. The van der Waals surface area contributed by atoms with Gasteiger partial charge in [0.05, 0.1) is 5.25 Å². The van der Waals surface area contributed by atoms with Crippen LogP contribution >= 0.6 is 11.8 Å². The first-order valence-corrected chi connectivity index (χ1v) is 6.47. The molecule has 0 aliphatic heterocycles. The van der Waals surface area contributed by atoms with Gasteiger partial charge in [-0.25, -0.2) is 4.39 Å². The van der Waals surface area contributed by atoms with Crippen LogP contribution in [0.5, 0.6) is 0 Å². The molecule has 0 aliphatic rings. The van der Waals surface area contributed by atoms with E-state index in [1.54, 1.807) is 12.4 Å². The maximum atomic E-state index is 13.3. The van der Waals surface area contributed by atoms with E-state index in [1.807, 2.05) is 24.6 Å². The molecule has 0 radical (unpaired) electrons. The zero-order valence-corrected chi connectivity index (χ0v) is 11.1. The first-order valence-electron chi connectivity index (χ1n) is 5.59. The van der Waals surface area contributed by atoms with E-state index in [9.17, 15) is 4.39 Å². The Morgan fingerprint density at radius 1 is 1.44 bits per heavy atom. The van der Waals surface area contributed by atoms with Gasteiger partial charge >= 0.3 is 0 Å². The van der Waals surface area contributed by atoms with Crippen LogP contribution in [-0.2, 0) is 7.05 Å². The number of rotatable bonds is 4. The molecule has 0 fully saturated rings. The van der Waals surface area contributed by atoms with Gasteiger partial charge < -0.3 is 10.3 Å². The maximum absolute atomic E-state index is 13.3. The minimum absolute atomic E-state index is 0.0522. The lowest BCUT2D eigenvalue weighted by Crippen LogP contribution is -2.23. The Balaban J connectivity index is 2.27. The molecule has 0 aliphatic carbocycles. The smallest absolute Gasteiger partial charge is 0.191 e. The quantitative estimate of drug-likeness (QED) is 0.861. The molecule has 2 unspecified atom stereocenters. The zero-order valence-electron chi connectivity index (χ0n) is 10.2. The topological polar surface area (TPSA) is 56.7 Å². The van der Waals surface area contributed by atoms with Crippen molar-refractivity contribution in [3.8, 4) is 0 Å². The zero-order chi connectivity index (χ0) is 13.1. The van der Waals surface area contributed by atoms with E-state index in [0.717, 1.165) is 10.7 Å². The van der Waals surface area contributed by atoms with Crippen molar-refractivity contribution in [3.05, 3.63) is 42.0 Å². The van der Waals surface area contributed by atoms with Gasteiger partial charge in [-0.1, -0.05) is 23.9 Å². The summed E-state index contributed by atoms with van der Waals surface area (Å²) < 4.78 is 15.1. The first-order chi connectivity index (χ1) is 8.58. The van der Waals surface area contributed by atoms with Crippen molar-refractivity contribution < 1.29 is 4.39 Å². The summed E-state index contributed by atoms with van der Waals surface area (Å²) in [5.74, 6) is -0.253. The third-order valence-corrected chi connectivity index (χ3v) is 4.09. The fourth-order valence-electron chi connectivity index (χ4n) is 1.66. The minimum Gasteiger partial charge on any atom is -0.327 e. The molecule has 1 heterocycles. The summed E-state index contributed by atoms with van der Waals surface area (Å²) in [6.07, 6.45) is 1.63. The van der Waals surface area contributed by atoms with Crippen molar-refractivity contribution in [1.82, 2.24) is 14.8 Å². The Hall–Kier alpha value is -1.40. The van der Waals surface area contributed by atoms with Crippen LogP contribution in [0.3, 0.4) is 0 Å². The number of hydrogen-bond donors (Lipinski definition) is 1. The van der Waals surface area contributed by atoms with Crippen LogP contribution in [0.1, 0.15) is 17.7 Å². The average Bonchev–Trinajstić information content (AvgIpc) is 2.71. The Kier molecular flexibility index (Phi) is 3.98. The van der Waals surface area contributed by atoms with E-state index >= 15 is 0 Å². The highest BCUT2D eigenvalue weighted by atomic mass is 32.2. The fourth-order valence-corrected chi connectivity index (χ4v) is 2.69. The summed E-state index contributed by atoms with van der Waals surface area (Å²) in [5, 5.41) is 8.55. The molecule has 0 spiro atoms. The van der Waals surface area contributed by atoms with Crippen molar-refractivity contribution in [1.29, 1.82) is 0 Å². The Labute approximate surface area is 109 Å². The van der Waals surface area contributed by atoms with Gasteiger partial charge in [-0.15, -0.1) is 10.2 Å². The lowest BCUT2D eigenvalue weighted by atomic mass is 10.1. The first kappa shape index (κ1) is 13.0. The number of benzene rings is 1. The second kappa shape index (κ2) is 5.49. The molecule has 18 heavy (non-hydrogen) atoms. The van der Waals surface area contributed by atoms with Gasteiger partial charge in [0.1, 0.15) is 12.1 Å². The van der Waals surface area contributed by atoms with Crippen LogP contribution in [0.4, 0.5) is 4.39 Å². The number of thioether (sulfide) groups is 1. The maximum Gasteiger partial charge on any atom is 0.191 e. The third kappa shape index (κ3) is 2.88. The summed E-state index contributed by atoms with van der Waals surface area (Å²) in [6.45, 7) is 1.90. The van der Waals surface area contributed by atoms with E-state index in [1.165, 1.54) is 23.9 Å². The van der Waals surface area contributed by atoms with Gasteiger partial charge in [0, 0.05) is 13.1 Å². The molecule has 2 atom stereocenters. The van der Waals surface area contributed by atoms with Gasteiger partial charge in [0.2, 0.25) is 0 Å². The summed E-state index contributed by atoms with van der Waals surface area (Å²) in [5.41, 5.74) is 6.84. The van der Waals surface area contributed by atoms with Gasteiger partial charge in [0.15, 0.2) is 5.16 Å². The summed E-state index contributed by atoms with van der Waals surface area (Å²) in [7, 11) is 1.87. The molecule has 0 saturated carbocycles. The highest BCUT2D eigenvalue weighted by molar-refractivity contribution is 7.99. The monoisotopic (exact) mass is 266 g/mol. The lowest BCUT2D eigenvalue weighted by molar-refractivity contribution is 0.621. The number of nitrogens with two attached hydrogens (primary N) is 1.